The fourth-order valence-corrected chi connectivity index (χ4v) is 3.24. The minimum absolute atomic E-state index is 0.0169. The van der Waals surface area contributed by atoms with Crippen LogP contribution in [0.4, 0.5) is 0 Å². The van der Waals surface area contributed by atoms with Gasteiger partial charge in [-0.15, -0.1) is 0 Å². The highest BCUT2D eigenvalue weighted by molar-refractivity contribution is 6.31. The fraction of sp³-hybridized carbons (Fsp3) is 0.182. The molecule has 2 aromatic heterocycles. The SMILES string of the molecule is C=c1c(C#N)c(O)n(CCC)c(=O)c1=Cc1ccc(-c2cccc(Cl)c2C)o1. The molecule has 0 bridgehead atoms. The number of aromatic nitrogens is 1. The molecule has 0 saturated heterocycles. The number of furan rings is 1. The smallest absolute Gasteiger partial charge is 0.261 e. The lowest BCUT2D eigenvalue weighted by Gasteiger charge is -2.09. The average molecular weight is 395 g/mol. The van der Waals surface area contributed by atoms with Gasteiger partial charge in [0.05, 0.1) is 5.22 Å². The molecule has 0 fully saturated rings. The van der Waals surface area contributed by atoms with Crippen molar-refractivity contribution in [2.45, 2.75) is 26.8 Å². The Balaban J connectivity index is 2.21. The van der Waals surface area contributed by atoms with Crippen molar-refractivity contribution in [2.75, 3.05) is 0 Å². The van der Waals surface area contributed by atoms with Gasteiger partial charge in [0.1, 0.15) is 23.2 Å². The van der Waals surface area contributed by atoms with Crippen LogP contribution in [0.2, 0.25) is 5.02 Å². The second kappa shape index (κ2) is 7.79. The van der Waals surface area contributed by atoms with Gasteiger partial charge in [0, 0.05) is 22.3 Å². The van der Waals surface area contributed by atoms with Gasteiger partial charge in [0.25, 0.3) is 5.56 Å². The Morgan fingerprint density at radius 1 is 1.36 bits per heavy atom. The van der Waals surface area contributed by atoms with Crippen LogP contribution in [-0.4, -0.2) is 9.67 Å². The van der Waals surface area contributed by atoms with Crippen molar-refractivity contribution in [3.05, 3.63) is 73.0 Å². The minimum atomic E-state index is -0.416. The zero-order chi connectivity index (χ0) is 20.4. The van der Waals surface area contributed by atoms with E-state index in [1.165, 1.54) is 4.57 Å². The van der Waals surface area contributed by atoms with E-state index in [4.69, 9.17) is 16.0 Å². The quantitative estimate of drug-likeness (QED) is 0.736. The molecule has 0 unspecified atom stereocenters. The molecule has 0 saturated carbocycles. The van der Waals surface area contributed by atoms with Gasteiger partial charge in [0.15, 0.2) is 0 Å². The number of nitrogens with zero attached hydrogens (tertiary/aromatic N) is 2. The molecule has 0 aliphatic carbocycles. The van der Waals surface area contributed by atoms with E-state index in [0.717, 1.165) is 11.1 Å². The Bertz CT molecular complexity index is 1260. The van der Waals surface area contributed by atoms with Crippen LogP contribution in [0.15, 0.2) is 39.5 Å². The Hall–Kier alpha value is -3.23. The van der Waals surface area contributed by atoms with Gasteiger partial charge in [0.2, 0.25) is 5.88 Å². The number of hydrogen-bond donors (Lipinski definition) is 1. The van der Waals surface area contributed by atoms with Crippen LogP contribution in [0.1, 0.15) is 30.2 Å². The Morgan fingerprint density at radius 2 is 2.11 bits per heavy atom. The van der Waals surface area contributed by atoms with Crippen LogP contribution in [0, 0.1) is 18.3 Å². The first-order valence-corrected chi connectivity index (χ1v) is 9.18. The summed E-state index contributed by atoms with van der Waals surface area (Å²) in [4.78, 5) is 12.8. The summed E-state index contributed by atoms with van der Waals surface area (Å²) in [7, 11) is 0. The first-order valence-electron chi connectivity index (χ1n) is 8.80. The molecule has 0 aliphatic rings. The maximum absolute atomic E-state index is 12.8. The molecule has 0 atom stereocenters. The maximum atomic E-state index is 12.8. The summed E-state index contributed by atoms with van der Waals surface area (Å²) in [6, 6.07) is 11.0. The number of aromatic hydroxyl groups is 1. The van der Waals surface area contributed by atoms with E-state index >= 15 is 0 Å². The topological polar surface area (TPSA) is 79.2 Å². The van der Waals surface area contributed by atoms with Gasteiger partial charge in [-0.2, -0.15) is 5.26 Å². The second-order valence-electron chi connectivity index (χ2n) is 6.42. The van der Waals surface area contributed by atoms with E-state index in [0.29, 0.717) is 29.5 Å². The summed E-state index contributed by atoms with van der Waals surface area (Å²) < 4.78 is 7.07. The molecule has 1 N–H and O–H groups in total. The molecule has 0 radical (unpaired) electrons. The monoisotopic (exact) mass is 394 g/mol. The Labute approximate surface area is 167 Å². The molecule has 28 heavy (non-hydrogen) atoms. The van der Waals surface area contributed by atoms with E-state index in [9.17, 15) is 15.2 Å². The van der Waals surface area contributed by atoms with Crippen molar-refractivity contribution in [1.82, 2.24) is 4.57 Å². The molecule has 2 heterocycles. The van der Waals surface area contributed by atoms with Gasteiger partial charge >= 0.3 is 0 Å². The molecule has 142 valence electrons. The highest BCUT2D eigenvalue weighted by Gasteiger charge is 2.13. The molecule has 3 aromatic rings. The number of benzene rings is 1. The molecule has 0 spiro atoms. The predicted octanol–water partition coefficient (Wildman–Crippen LogP) is 3.30. The Kier molecular flexibility index (Phi) is 5.43. The van der Waals surface area contributed by atoms with Crippen LogP contribution < -0.4 is 16.0 Å². The standard InChI is InChI=1S/C22H19ClN2O3/c1-4-10-25-21(26)17(13(2)18(12-24)22(25)27)11-15-8-9-20(28-15)16-6-5-7-19(23)14(16)3/h5-9,11,27H,2,4,10H2,1,3H3. The van der Waals surface area contributed by atoms with Crippen molar-refractivity contribution in [3.63, 3.8) is 0 Å². The molecular formula is C22H19ClN2O3. The number of pyridine rings is 1. The van der Waals surface area contributed by atoms with Crippen LogP contribution in [0.5, 0.6) is 5.88 Å². The summed E-state index contributed by atoms with van der Waals surface area (Å²) in [6.07, 6.45) is 2.17. The second-order valence-corrected chi connectivity index (χ2v) is 6.83. The summed E-state index contributed by atoms with van der Waals surface area (Å²) >= 11 is 6.18. The molecule has 3 rings (SSSR count). The molecule has 1 aromatic carbocycles. The number of rotatable bonds is 4. The zero-order valence-corrected chi connectivity index (χ0v) is 16.4. The molecule has 0 aliphatic heterocycles. The third kappa shape index (κ3) is 3.35. The summed E-state index contributed by atoms with van der Waals surface area (Å²) in [5.74, 6) is 0.699. The molecule has 5 nitrogen and oxygen atoms in total. The van der Waals surface area contributed by atoms with Crippen molar-refractivity contribution in [2.24, 2.45) is 0 Å². The van der Waals surface area contributed by atoms with Crippen LogP contribution in [-0.2, 0) is 6.54 Å². The number of halogens is 1. The normalized spacial score (nSPS) is 11.6. The lowest BCUT2D eigenvalue weighted by Crippen LogP contribution is -2.45. The number of nitriles is 1. The summed E-state index contributed by atoms with van der Waals surface area (Å²) in [6.45, 7) is 7.90. The highest BCUT2D eigenvalue weighted by Crippen LogP contribution is 2.29. The highest BCUT2D eigenvalue weighted by atomic mass is 35.5. The first-order chi connectivity index (χ1) is 13.4. The zero-order valence-electron chi connectivity index (χ0n) is 15.6. The van der Waals surface area contributed by atoms with Gasteiger partial charge < -0.3 is 9.52 Å². The van der Waals surface area contributed by atoms with Gasteiger partial charge in [-0.3, -0.25) is 9.36 Å². The molecule has 0 amide bonds. The van der Waals surface area contributed by atoms with Crippen LogP contribution >= 0.6 is 11.6 Å². The van der Waals surface area contributed by atoms with E-state index in [2.05, 4.69) is 6.58 Å². The van der Waals surface area contributed by atoms with E-state index in [-0.39, 0.29) is 21.9 Å². The fourth-order valence-electron chi connectivity index (χ4n) is 3.06. The van der Waals surface area contributed by atoms with Gasteiger partial charge in [-0.05, 0) is 43.2 Å². The third-order valence-electron chi connectivity index (χ3n) is 4.59. The van der Waals surface area contributed by atoms with Gasteiger partial charge in [-0.25, -0.2) is 0 Å². The van der Waals surface area contributed by atoms with E-state index in [1.807, 2.05) is 32.0 Å². The van der Waals surface area contributed by atoms with Crippen molar-refractivity contribution >= 4 is 24.3 Å². The predicted molar refractivity (Wildman–Crippen MR) is 110 cm³/mol. The van der Waals surface area contributed by atoms with Crippen LogP contribution in [0.25, 0.3) is 24.0 Å². The lowest BCUT2D eigenvalue weighted by molar-refractivity contribution is 0.401. The summed E-state index contributed by atoms with van der Waals surface area (Å²) in [5.41, 5.74) is 1.32. The summed E-state index contributed by atoms with van der Waals surface area (Å²) in [5, 5.41) is 20.6. The van der Waals surface area contributed by atoms with Gasteiger partial charge in [-0.1, -0.05) is 37.2 Å². The largest absolute Gasteiger partial charge is 0.493 e. The van der Waals surface area contributed by atoms with E-state index < -0.39 is 5.56 Å². The molecule has 6 heteroatoms. The third-order valence-corrected chi connectivity index (χ3v) is 5.00. The van der Waals surface area contributed by atoms with E-state index in [1.54, 1.807) is 24.3 Å². The van der Waals surface area contributed by atoms with Crippen molar-refractivity contribution in [1.29, 1.82) is 5.26 Å². The van der Waals surface area contributed by atoms with Crippen molar-refractivity contribution < 1.29 is 9.52 Å². The first kappa shape index (κ1) is 19.5. The Morgan fingerprint density at radius 3 is 2.79 bits per heavy atom. The average Bonchev–Trinajstić information content (AvgIpc) is 3.13. The number of hydrogen-bond acceptors (Lipinski definition) is 4. The maximum Gasteiger partial charge on any atom is 0.261 e. The minimum Gasteiger partial charge on any atom is -0.493 e. The molecular weight excluding hydrogens is 376 g/mol. The lowest BCUT2D eigenvalue weighted by atomic mass is 10.1. The van der Waals surface area contributed by atoms with Crippen LogP contribution in [0.3, 0.4) is 0 Å². The van der Waals surface area contributed by atoms with Crippen molar-refractivity contribution in [3.8, 4) is 23.3 Å².